The minimum absolute atomic E-state index is 0.0973. The fourth-order valence-corrected chi connectivity index (χ4v) is 1.77. The fraction of sp³-hybridized carbons (Fsp3) is 0.800. The van der Waals surface area contributed by atoms with Crippen LogP contribution in [0.3, 0.4) is 0 Å². The summed E-state index contributed by atoms with van der Waals surface area (Å²) in [5, 5.41) is 0. The van der Waals surface area contributed by atoms with E-state index in [4.69, 9.17) is 0 Å². The molecule has 0 bridgehead atoms. The number of carbonyl (C=O) groups is 2. The standard InChI is InChI=1S/C10H17NO2/c1-8(7-9(2)12)10(13)11-5-3-4-6-11/h8H,3-7H2,1-2H3. The second kappa shape index (κ2) is 4.40. The Morgan fingerprint density at radius 1 is 1.31 bits per heavy atom. The van der Waals surface area contributed by atoms with Gasteiger partial charge < -0.3 is 9.69 Å². The fourth-order valence-electron chi connectivity index (χ4n) is 1.77. The molecule has 0 aromatic rings. The molecule has 1 atom stereocenters. The molecule has 74 valence electrons. The first-order valence-corrected chi connectivity index (χ1v) is 4.89. The number of hydrogen-bond donors (Lipinski definition) is 0. The lowest BCUT2D eigenvalue weighted by atomic mass is 10.0. The zero-order chi connectivity index (χ0) is 9.84. The average molecular weight is 183 g/mol. The topological polar surface area (TPSA) is 37.4 Å². The van der Waals surface area contributed by atoms with Gasteiger partial charge in [-0.25, -0.2) is 0 Å². The summed E-state index contributed by atoms with van der Waals surface area (Å²) in [5.41, 5.74) is 0. The van der Waals surface area contributed by atoms with Gasteiger partial charge in [0.05, 0.1) is 0 Å². The van der Waals surface area contributed by atoms with Crippen molar-refractivity contribution in [1.82, 2.24) is 4.90 Å². The van der Waals surface area contributed by atoms with Crippen LogP contribution in [0.25, 0.3) is 0 Å². The van der Waals surface area contributed by atoms with Crippen molar-refractivity contribution in [2.24, 2.45) is 5.92 Å². The maximum Gasteiger partial charge on any atom is 0.225 e. The number of amides is 1. The van der Waals surface area contributed by atoms with Crippen molar-refractivity contribution < 1.29 is 9.59 Å². The second-order valence-corrected chi connectivity index (χ2v) is 3.84. The van der Waals surface area contributed by atoms with E-state index < -0.39 is 0 Å². The van der Waals surface area contributed by atoms with Gasteiger partial charge in [-0.2, -0.15) is 0 Å². The molecular weight excluding hydrogens is 166 g/mol. The van der Waals surface area contributed by atoms with E-state index in [1.807, 2.05) is 11.8 Å². The van der Waals surface area contributed by atoms with Crippen LogP contribution in [0.5, 0.6) is 0 Å². The van der Waals surface area contributed by atoms with E-state index in [9.17, 15) is 9.59 Å². The Kier molecular flexibility index (Phi) is 3.46. The number of rotatable bonds is 3. The maximum absolute atomic E-state index is 11.7. The molecule has 1 aliphatic heterocycles. The van der Waals surface area contributed by atoms with Crippen LogP contribution in [0, 0.1) is 5.92 Å². The summed E-state index contributed by atoms with van der Waals surface area (Å²) in [4.78, 5) is 24.3. The largest absolute Gasteiger partial charge is 0.342 e. The number of Topliss-reactive ketones (excluding diaryl/α,β-unsaturated/α-hetero) is 1. The van der Waals surface area contributed by atoms with Gasteiger partial charge in [-0.15, -0.1) is 0 Å². The van der Waals surface area contributed by atoms with E-state index in [0.29, 0.717) is 6.42 Å². The van der Waals surface area contributed by atoms with Gasteiger partial charge in [-0.3, -0.25) is 4.79 Å². The summed E-state index contributed by atoms with van der Waals surface area (Å²) >= 11 is 0. The molecule has 1 saturated heterocycles. The molecule has 1 amide bonds. The molecule has 0 aromatic carbocycles. The summed E-state index contributed by atoms with van der Waals surface area (Å²) in [6, 6.07) is 0. The highest BCUT2D eigenvalue weighted by Crippen LogP contribution is 2.14. The lowest BCUT2D eigenvalue weighted by molar-refractivity contribution is -0.136. The molecule has 13 heavy (non-hydrogen) atoms. The van der Waals surface area contributed by atoms with Crippen molar-refractivity contribution in [3.05, 3.63) is 0 Å². The van der Waals surface area contributed by atoms with Gasteiger partial charge in [0, 0.05) is 25.4 Å². The summed E-state index contributed by atoms with van der Waals surface area (Å²) in [6.45, 7) is 5.12. The van der Waals surface area contributed by atoms with Gasteiger partial charge in [-0.1, -0.05) is 6.92 Å². The van der Waals surface area contributed by atoms with Crippen molar-refractivity contribution in [3.63, 3.8) is 0 Å². The first kappa shape index (κ1) is 10.2. The highest BCUT2D eigenvalue weighted by Gasteiger charge is 2.23. The van der Waals surface area contributed by atoms with Crippen LogP contribution in [0.15, 0.2) is 0 Å². The first-order chi connectivity index (χ1) is 6.11. The van der Waals surface area contributed by atoms with E-state index in [1.54, 1.807) is 0 Å². The summed E-state index contributed by atoms with van der Waals surface area (Å²) in [5.74, 6) is 0.114. The molecule has 0 spiro atoms. The van der Waals surface area contributed by atoms with Crippen LogP contribution in [-0.2, 0) is 9.59 Å². The van der Waals surface area contributed by atoms with Crippen LogP contribution in [0.2, 0.25) is 0 Å². The van der Waals surface area contributed by atoms with Gasteiger partial charge in [0.2, 0.25) is 5.91 Å². The number of nitrogens with zero attached hydrogens (tertiary/aromatic N) is 1. The van der Waals surface area contributed by atoms with E-state index in [0.717, 1.165) is 25.9 Å². The highest BCUT2D eigenvalue weighted by molar-refractivity contribution is 5.85. The van der Waals surface area contributed by atoms with Gasteiger partial charge in [0.15, 0.2) is 0 Å². The summed E-state index contributed by atoms with van der Waals surface area (Å²) in [7, 11) is 0. The first-order valence-electron chi connectivity index (χ1n) is 4.89. The Labute approximate surface area is 79.1 Å². The van der Waals surface area contributed by atoms with Crippen LogP contribution in [0.1, 0.15) is 33.1 Å². The minimum atomic E-state index is -0.129. The molecule has 1 unspecified atom stereocenters. The van der Waals surface area contributed by atoms with Crippen LogP contribution in [0.4, 0.5) is 0 Å². The summed E-state index contributed by atoms with van der Waals surface area (Å²) < 4.78 is 0. The molecule has 3 nitrogen and oxygen atoms in total. The number of hydrogen-bond acceptors (Lipinski definition) is 2. The Balaban J connectivity index is 2.41. The predicted molar refractivity (Wildman–Crippen MR) is 50.3 cm³/mol. The molecule has 1 aliphatic rings. The molecule has 0 radical (unpaired) electrons. The molecule has 0 aromatic heterocycles. The highest BCUT2D eigenvalue weighted by atomic mass is 16.2. The van der Waals surface area contributed by atoms with E-state index in [1.165, 1.54) is 6.92 Å². The van der Waals surface area contributed by atoms with Gasteiger partial charge in [-0.05, 0) is 19.8 Å². The SMILES string of the molecule is CC(=O)CC(C)C(=O)N1CCCC1. The summed E-state index contributed by atoms with van der Waals surface area (Å²) in [6.07, 6.45) is 2.60. The zero-order valence-corrected chi connectivity index (χ0v) is 8.38. The van der Waals surface area contributed by atoms with Crippen LogP contribution in [-0.4, -0.2) is 29.7 Å². The normalized spacial score (nSPS) is 18.8. The monoisotopic (exact) mass is 183 g/mol. The number of carbonyl (C=O) groups excluding carboxylic acids is 2. The third-order valence-corrected chi connectivity index (χ3v) is 2.43. The van der Waals surface area contributed by atoms with Crippen molar-refractivity contribution in [2.75, 3.05) is 13.1 Å². The maximum atomic E-state index is 11.7. The Morgan fingerprint density at radius 2 is 1.85 bits per heavy atom. The molecule has 3 heteroatoms. The van der Waals surface area contributed by atoms with Crippen molar-refractivity contribution >= 4 is 11.7 Å². The third-order valence-electron chi connectivity index (χ3n) is 2.43. The Hall–Kier alpha value is -0.860. The molecule has 1 heterocycles. The predicted octanol–water partition coefficient (Wildman–Crippen LogP) is 1.22. The lowest BCUT2D eigenvalue weighted by Gasteiger charge is -2.19. The third kappa shape index (κ3) is 2.83. The van der Waals surface area contributed by atoms with E-state index >= 15 is 0 Å². The Morgan fingerprint density at radius 3 is 2.31 bits per heavy atom. The minimum Gasteiger partial charge on any atom is -0.342 e. The van der Waals surface area contributed by atoms with Gasteiger partial charge >= 0.3 is 0 Å². The molecule has 1 fully saturated rings. The van der Waals surface area contributed by atoms with E-state index in [-0.39, 0.29) is 17.6 Å². The number of ketones is 1. The number of likely N-dealkylation sites (tertiary alicyclic amines) is 1. The van der Waals surface area contributed by atoms with Crippen molar-refractivity contribution in [3.8, 4) is 0 Å². The van der Waals surface area contributed by atoms with Crippen LogP contribution < -0.4 is 0 Å². The molecule has 0 aliphatic carbocycles. The van der Waals surface area contributed by atoms with Crippen molar-refractivity contribution in [1.29, 1.82) is 0 Å². The second-order valence-electron chi connectivity index (χ2n) is 3.84. The van der Waals surface area contributed by atoms with Crippen LogP contribution >= 0.6 is 0 Å². The average Bonchev–Trinajstić information content (AvgIpc) is 2.53. The van der Waals surface area contributed by atoms with E-state index in [2.05, 4.69) is 0 Å². The molecule has 1 rings (SSSR count). The quantitative estimate of drug-likeness (QED) is 0.659. The zero-order valence-electron chi connectivity index (χ0n) is 8.38. The molecule has 0 saturated carbocycles. The molecule has 0 N–H and O–H groups in total. The smallest absolute Gasteiger partial charge is 0.225 e. The van der Waals surface area contributed by atoms with Gasteiger partial charge in [0.25, 0.3) is 0 Å². The van der Waals surface area contributed by atoms with Gasteiger partial charge in [0.1, 0.15) is 5.78 Å². The lowest BCUT2D eigenvalue weighted by Crippen LogP contribution is -2.33. The Bertz CT molecular complexity index is 207. The van der Waals surface area contributed by atoms with Crippen molar-refractivity contribution in [2.45, 2.75) is 33.1 Å². The molecular formula is C10H17NO2.